The first kappa shape index (κ1) is 13.8. The standard InChI is InChI=1S/C10H21NO2S/c1-5-14-7-6-11-8-9(12)13-10(2,3)4/h11H,5-8H2,1-4H3. The van der Waals surface area contributed by atoms with Crippen LogP contribution in [0, 0.1) is 0 Å². The van der Waals surface area contributed by atoms with E-state index in [1.165, 1.54) is 0 Å². The molecule has 0 saturated heterocycles. The Hall–Kier alpha value is -0.220. The van der Waals surface area contributed by atoms with Gasteiger partial charge in [0.15, 0.2) is 0 Å². The molecule has 0 rings (SSSR count). The number of carbonyl (C=O) groups is 1. The third kappa shape index (κ3) is 9.86. The molecule has 14 heavy (non-hydrogen) atoms. The lowest BCUT2D eigenvalue weighted by Crippen LogP contribution is -2.32. The van der Waals surface area contributed by atoms with Gasteiger partial charge < -0.3 is 10.1 Å². The number of hydrogen-bond acceptors (Lipinski definition) is 4. The van der Waals surface area contributed by atoms with Gasteiger partial charge in [0.1, 0.15) is 5.60 Å². The predicted octanol–water partition coefficient (Wildman–Crippen LogP) is 1.67. The highest BCUT2D eigenvalue weighted by molar-refractivity contribution is 7.99. The Balaban J connectivity index is 3.36. The highest BCUT2D eigenvalue weighted by Gasteiger charge is 2.15. The third-order valence-electron chi connectivity index (χ3n) is 1.32. The molecule has 0 bridgehead atoms. The first-order valence-corrected chi connectivity index (χ1v) is 6.11. The van der Waals surface area contributed by atoms with E-state index in [1.807, 2.05) is 32.5 Å². The Morgan fingerprint density at radius 2 is 2.07 bits per heavy atom. The quantitative estimate of drug-likeness (QED) is 0.545. The van der Waals surface area contributed by atoms with Crippen molar-refractivity contribution in [2.75, 3.05) is 24.6 Å². The summed E-state index contributed by atoms with van der Waals surface area (Å²) in [6, 6.07) is 0. The molecule has 84 valence electrons. The van der Waals surface area contributed by atoms with E-state index < -0.39 is 0 Å². The van der Waals surface area contributed by atoms with E-state index in [-0.39, 0.29) is 11.6 Å². The number of esters is 1. The van der Waals surface area contributed by atoms with Crippen molar-refractivity contribution in [3.8, 4) is 0 Å². The van der Waals surface area contributed by atoms with Gasteiger partial charge >= 0.3 is 5.97 Å². The minimum Gasteiger partial charge on any atom is -0.459 e. The first-order chi connectivity index (χ1) is 6.45. The molecule has 0 atom stereocenters. The van der Waals surface area contributed by atoms with Crippen LogP contribution in [0.3, 0.4) is 0 Å². The van der Waals surface area contributed by atoms with Crippen molar-refractivity contribution in [3.05, 3.63) is 0 Å². The van der Waals surface area contributed by atoms with Crippen LogP contribution >= 0.6 is 11.8 Å². The van der Waals surface area contributed by atoms with E-state index in [2.05, 4.69) is 12.2 Å². The van der Waals surface area contributed by atoms with E-state index in [0.29, 0.717) is 6.54 Å². The van der Waals surface area contributed by atoms with Crippen molar-refractivity contribution in [2.45, 2.75) is 33.3 Å². The third-order valence-corrected chi connectivity index (χ3v) is 2.22. The van der Waals surface area contributed by atoms with Gasteiger partial charge in [-0.05, 0) is 26.5 Å². The maximum Gasteiger partial charge on any atom is 0.320 e. The van der Waals surface area contributed by atoms with Crippen LogP contribution in [0.15, 0.2) is 0 Å². The SMILES string of the molecule is CCSCCNCC(=O)OC(C)(C)C. The fraction of sp³-hybridized carbons (Fsp3) is 0.900. The lowest BCUT2D eigenvalue weighted by Gasteiger charge is -2.19. The van der Waals surface area contributed by atoms with Crippen molar-refractivity contribution in [2.24, 2.45) is 0 Å². The summed E-state index contributed by atoms with van der Waals surface area (Å²) in [4.78, 5) is 11.2. The van der Waals surface area contributed by atoms with Crippen LogP contribution in [0.5, 0.6) is 0 Å². The molecule has 0 fully saturated rings. The van der Waals surface area contributed by atoms with Gasteiger partial charge in [0.2, 0.25) is 0 Å². The Morgan fingerprint density at radius 3 is 2.57 bits per heavy atom. The Morgan fingerprint density at radius 1 is 1.43 bits per heavy atom. The molecule has 1 N–H and O–H groups in total. The number of hydrogen-bond donors (Lipinski definition) is 1. The predicted molar refractivity (Wildman–Crippen MR) is 61.7 cm³/mol. The number of nitrogens with one attached hydrogen (secondary N) is 1. The second-order valence-corrected chi connectivity index (χ2v) is 5.35. The molecular weight excluding hydrogens is 198 g/mol. The maximum atomic E-state index is 11.2. The summed E-state index contributed by atoms with van der Waals surface area (Å²) in [5.74, 6) is 1.98. The number of ether oxygens (including phenoxy) is 1. The molecule has 0 aromatic heterocycles. The Labute approximate surface area is 91.0 Å². The minimum absolute atomic E-state index is 0.181. The van der Waals surface area contributed by atoms with E-state index in [0.717, 1.165) is 18.1 Å². The molecule has 3 nitrogen and oxygen atoms in total. The number of thioether (sulfide) groups is 1. The monoisotopic (exact) mass is 219 g/mol. The first-order valence-electron chi connectivity index (χ1n) is 4.96. The Bertz CT molecular complexity index is 166. The van der Waals surface area contributed by atoms with Crippen molar-refractivity contribution in [1.82, 2.24) is 5.32 Å². The molecule has 0 heterocycles. The second-order valence-electron chi connectivity index (χ2n) is 3.96. The van der Waals surface area contributed by atoms with Gasteiger partial charge in [-0.25, -0.2) is 0 Å². The van der Waals surface area contributed by atoms with Crippen LogP contribution in [0.25, 0.3) is 0 Å². The molecule has 0 aliphatic rings. The zero-order chi connectivity index (χ0) is 11.0. The summed E-state index contributed by atoms with van der Waals surface area (Å²) in [6.07, 6.45) is 0. The van der Waals surface area contributed by atoms with Crippen molar-refractivity contribution in [1.29, 1.82) is 0 Å². The van der Waals surface area contributed by atoms with Crippen molar-refractivity contribution < 1.29 is 9.53 Å². The number of carbonyl (C=O) groups excluding carboxylic acids is 1. The van der Waals surface area contributed by atoms with Crippen molar-refractivity contribution in [3.63, 3.8) is 0 Å². The van der Waals surface area contributed by atoms with E-state index in [4.69, 9.17) is 4.74 Å². The average Bonchev–Trinajstić information content (AvgIpc) is 2.00. The fourth-order valence-corrected chi connectivity index (χ4v) is 1.43. The summed E-state index contributed by atoms with van der Waals surface area (Å²) >= 11 is 1.86. The van der Waals surface area contributed by atoms with Gasteiger partial charge in [-0.1, -0.05) is 6.92 Å². The average molecular weight is 219 g/mol. The molecule has 0 aromatic rings. The number of rotatable bonds is 6. The molecule has 0 aliphatic carbocycles. The summed E-state index contributed by atoms with van der Waals surface area (Å²) < 4.78 is 5.14. The molecule has 0 unspecified atom stereocenters. The largest absolute Gasteiger partial charge is 0.459 e. The minimum atomic E-state index is -0.378. The van der Waals surface area contributed by atoms with E-state index in [1.54, 1.807) is 0 Å². The second kappa shape index (κ2) is 7.12. The molecule has 0 aromatic carbocycles. The van der Waals surface area contributed by atoms with Crippen LogP contribution in [-0.2, 0) is 9.53 Å². The van der Waals surface area contributed by atoms with Gasteiger partial charge in [0.25, 0.3) is 0 Å². The normalized spacial score (nSPS) is 11.4. The van der Waals surface area contributed by atoms with Crippen molar-refractivity contribution >= 4 is 17.7 Å². The molecule has 0 radical (unpaired) electrons. The van der Waals surface area contributed by atoms with E-state index >= 15 is 0 Å². The van der Waals surface area contributed by atoms with Crippen LogP contribution in [0.2, 0.25) is 0 Å². The van der Waals surface area contributed by atoms with Crippen LogP contribution in [0.4, 0.5) is 0 Å². The fourth-order valence-electron chi connectivity index (χ4n) is 0.857. The van der Waals surface area contributed by atoms with Gasteiger partial charge in [-0.3, -0.25) is 4.79 Å². The molecule has 0 aliphatic heterocycles. The zero-order valence-electron chi connectivity index (χ0n) is 9.55. The summed E-state index contributed by atoms with van der Waals surface area (Å²) in [5.41, 5.74) is -0.378. The molecule has 0 amide bonds. The zero-order valence-corrected chi connectivity index (χ0v) is 10.4. The smallest absolute Gasteiger partial charge is 0.320 e. The maximum absolute atomic E-state index is 11.2. The van der Waals surface area contributed by atoms with Gasteiger partial charge in [0.05, 0.1) is 6.54 Å². The Kier molecular flexibility index (Phi) is 7.01. The molecule has 0 spiro atoms. The van der Waals surface area contributed by atoms with Gasteiger partial charge in [-0.2, -0.15) is 11.8 Å². The van der Waals surface area contributed by atoms with Crippen LogP contribution in [-0.4, -0.2) is 36.2 Å². The van der Waals surface area contributed by atoms with Crippen LogP contribution < -0.4 is 5.32 Å². The summed E-state index contributed by atoms with van der Waals surface area (Å²) in [6.45, 7) is 8.91. The topological polar surface area (TPSA) is 38.3 Å². The molecular formula is C10H21NO2S. The highest BCUT2D eigenvalue weighted by atomic mass is 32.2. The van der Waals surface area contributed by atoms with Crippen LogP contribution in [0.1, 0.15) is 27.7 Å². The van der Waals surface area contributed by atoms with Gasteiger partial charge in [-0.15, -0.1) is 0 Å². The summed E-state index contributed by atoms with van der Waals surface area (Å²) in [7, 11) is 0. The summed E-state index contributed by atoms with van der Waals surface area (Å²) in [5, 5.41) is 3.05. The van der Waals surface area contributed by atoms with Gasteiger partial charge in [0, 0.05) is 12.3 Å². The lowest BCUT2D eigenvalue weighted by molar-refractivity contribution is -0.153. The molecule has 0 saturated carbocycles. The van der Waals surface area contributed by atoms with E-state index in [9.17, 15) is 4.79 Å². The molecule has 4 heteroatoms. The highest BCUT2D eigenvalue weighted by Crippen LogP contribution is 2.06. The lowest BCUT2D eigenvalue weighted by atomic mass is 10.2.